The zero-order chi connectivity index (χ0) is 25.7. The number of hydrogen-bond acceptors (Lipinski definition) is 6. The monoisotopic (exact) mass is 562 g/mol. The summed E-state index contributed by atoms with van der Waals surface area (Å²) in [5.41, 5.74) is 3.95. The van der Waals surface area contributed by atoms with Gasteiger partial charge in [0.1, 0.15) is 6.61 Å². The smallest absolute Gasteiger partial charge is 0.293 e. The van der Waals surface area contributed by atoms with Gasteiger partial charge in [0.15, 0.2) is 11.5 Å². The van der Waals surface area contributed by atoms with Gasteiger partial charge in [0, 0.05) is 4.47 Å². The zero-order valence-electron chi connectivity index (χ0n) is 19.8. The molecular formula is C28H23BrN2O4S. The summed E-state index contributed by atoms with van der Waals surface area (Å²) in [6, 6.07) is 20.7. The highest BCUT2D eigenvalue weighted by molar-refractivity contribution is 9.10. The fourth-order valence-corrected chi connectivity index (χ4v) is 4.99. The van der Waals surface area contributed by atoms with Crippen LogP contribution in [0.15, 0.2) is 70.0 Å². The van der Waals surface area contributed by atoms with Crippen LogP contribution in [0.5, 0.6) is 11.5 Å². The van der Waals surface area contributed by atoms with Gasteiger partial charge < -0.3 is 9.47 Å². The molecule has 4 rings (SSSR count). The summed E-state index contributed by atoms with van der Waals surface area (Å²) in [5.74, 6) is 0.716. The van der Waals surface area contributed by atoms with Crippen LogP contribution < -0.4 is 9.47 Å². The van der Waals surface area contributed by atoms with Crippen LogP contribution in [0.25, 0.3) is 6.08 Å². The predicted molar refractivity (Wildman–Crippen MR) is 143 cm³/mol. The maximum absolute atomic E-state index is 13.1. The minimum atomic E-state index is -0.401. The van der Waals surface area contributed by atoms with Gasteiger partial charge in [-0.25, -0.2) is 0 Å². The van der Waals surface area contributed by atoms with Crippen LogP contribution >= 0.6 is 27.7 Å². The summed E-state index contributed by atoms with van der Waals surface area (Å²) in [4.78, 5) is 27.1. The minimum absolute atomic E-state index is 0.0445. The van der Waals surface area contributed by atoms with E-state index in [4.69, 9.17) is 9.47 Å². The Morgan fingerprint density at radius 1 is 1.06 bits per heavy atom. The van der Waals surface area contributed by atoms with Crippen molar-refractivity contribution in [1.82, 2.24) is 4.90 Å². The van der Waals surface area contributed by atoms with Gasteiger partial charge in [-0.1, -0.05) is 64.0 Å². The molecule has 0 bridgehead atoms. The second kappa shape index (κ2) is 11.5. The lowest BCUT2D eigenvalue weighted by atomic mass is 10.1. The van der Waals surface area contributed by atoms with E-state index in [0.717, 1.165) is 27.8 Å². The van der Waals surface area contributed by atoms with Crippen LogP contribution in [0.3, 0.4) is 0 Å². The first-order valence-corrected chi connectivity index (χ1v) is 12.9. The molecule has 0 radical (unpaired) electrons. The number of carbonyl (C=O) groups is 2. The third-order valence-corrected chi connectivity index (χ3v) is 7.06. The lowest BCUT2D eigenvalue weighted by molar-refractivity contribution is -0.123. The Labute approximate surface area is 222 Å². The number of amides is 2. The highest BCUT2D eigenvalue weighted by Crippen LogP contribution is 2.39. The highest BCUT2D eigenvalue weighted by atomic mass is 79.9. The van der Waals surface area contributed by atoms with Crippen molar-refractivity contribution >= 4 is 44.9 Å². The minimum Gasteiger partial charge on any atom is -0.490 e. The summed E-state index contributed by atoms with van der Waals surface area (Å²) in [6.07, 6.45) is 1.66. The Balaban J connectivity index is 1.57. The molecule has 8 heteroatoms. The number of thioether (sulfide) groups is 1. The Kier molecular flexibility index (Phi) is 8.14. The van der Waals surface area contributed by atoms with Crippen molar-refractivity contribution in [2.45, 2.75) is 27.0 Å². The van der Waals surface area contributed by atoms with Crippen LogP contribution in [0.1, 0.15) is 34.7 Å². The van der Waals surface area contributed by atoms with Crippen LogP contribution in [0.2, 0.25) is 0 Å². The maximum Gasteiger partial charge on any atom is 0.293 e. The second-order valence-electron chi connectivity index (χ2n) is 8.07. The Morgan fingerprint density at radius 3 is 2.58 bits per heavy atom. The third-order valence-electron chi connectivity index (χ3n) is 5.47. The van der Waals surface area contributed by atoms with Crippen LogP contribution in [-0.4, -0.2) is 22.7 Å². The molecule has 1 saturated heterocycles. The zero-order valence-corrected chi connectivity index (χ0v) is 22.2. The highest BCUT2D eigenvalue weighted by Gasteiger charge is 2.35. The summed E-state index contributed by atoms with van der Waals surface area (Å²) in [7, 11) is 0. The van der Waals surface area contributed by atoms with Crippen molar-refractivity contribution < 1.29 is 19.1 Å². The van der Waals surface area contributed by atoms with E-state index in [1.165, 1.54) is 0 Å². The molecule has 1 fully saturated rings. The Morgan fingerprint density at radius 2 is 1.83 bits per heavy atom. The van der Waals surface area contributed by atoms with Gasteiger partial charge in [-0.2, -0.15) is 5.26 Å². The molecule has 0 atom stereocenters. The molecule has 1 heterocycles. The number of nitrogens with zero attached hydrogens (tertiary/aromatic N) is 2. The van der Waals surface area contributed by atoms with Crippen molar-refractivity contribution in [3.05, 3.63) is 97.9 Å². The van der Waals surface area contributed by atoms with E-state index in [-0.39, 0.29) is 11.8 Å². The number of benzene rings is 3. The molecule has 0 aliphatic carbocycles. The first-order valence-electron chi connectivity index (χ1n) is 11.3. The molecule has 0 spiro atoms. The van der Waals surface area contributed by atoms with E-state index in [2.05, 4.69) is 28.1 Å². The molecular weight excluding hydrogens is 540 g/mol. The molecule has 182 valence electrons. The Bertz CT molecular complexity index is 1400. The number of nitriles is 1. The fraction of sp³-hybridized carbons (Fsp3) is 0.179. The number of halogens is 1. The van der Waals surface area contributed by atoms with Gasteiger partial charge >= 0.3 is 0 Å². The van der Waals surface area contributed by atoms with Gasteiger partial charge in [-0.3, -0.25) is 14.5 Å². The van der Waals surface area contributed by atoms with E-state index in [0.29, 0.717) is 50.8 Å². The van der Waals surface area contributed by atoms with Crippen LogP contribution in [0, 0.1) is 18.3 Å². The van der Waals surface area contributed by atoms with Gasteiger partial charge in [0.05, 0.1) is 29.7 Å². The lowest BCUT2D eigenvalue weighted by Gasteiger charge is -2.15. The molecule has 2 amide bonds. The van der Waals surface area contributed by atoms with Crippen molar-refractivity contribution in [2.75, 3.05) is 6.61 Å². The van der Waals surface area contributed by atoms with E-state index in [1.807, 2.05) is 32.0 Å². The Hall–Kier alpha value is -3.54. The van der Waals surface area contributed by atoms with E-state index in [9.17, 15) is 14.9 Å². The summed E-state index contributed by atoms with van der Waals surface area (Å²) < 4.78 is 12.6. The average molecular weight is 563 g/mol. The summed E-state index contributed by atoms with van der Waals surface area (Å²) >= 11 is 4.44. The maximum atomic E-state index is 13.1. The van der Waals surface area contributed by atoms with E-state index < -0.39 is 5.91 Å². The molecule has 1 aliphatic rings. The van der Waals surface area contributed by atoms with Gasteiger partial charge in [-0.05, 0) is 66.6 Å². The SMILES string of the molecule is CCOc1cc(/C=C2/SC(=O)N(Cc3ccccc3C#N)C2=O)c(Br)cc1OCc1cccc(C)c1. The number of ether oxygens (including phenoxy) is 2. The molecule has 0 N–H and O–H groups in total. The number of carbonyl (C=O) groups excluding carboxylic acids is 2. The molecule has 36 heavy (non-hydrogen) atoms. The molecule has 0 unspecified atom stereocenters. The largest absolute Gasteiger partial charge is 0.490 e. The number of hydrogen-bond donors (Lipinski definition) is 0. The molecule has 0 saturated carbocycles. The molecule has 6 nitrogen and oxygen atoms in total. The second-order valence-corrected chi connectivity index (χ2v) is 9.92. The quantitative estimate of drug-likeness (QED) is 0.279. The first-order chi connectivity index (χ1) is 17.4. The first kappa shape index (κ1) is 25.5. The summed E-state index contributed by atoms with van der Waals surface area (Å²) in [5, 5.41) is 8.95. The number of aryl methyl sites for hydroxylation is 1. The lowest BCUT2D eigenvalue weighted by Crippen LogP contribution is -2.27. The number of imide groups is 1. The third kappa shape index (κ3) is 5.81. The van der Waals surface area contributed by atoms with Gasteiger partial charge in [0.25, 0.3) is 11.1 Å². The topological polar surface area (TPSA) is 79.6 Å². The standard InChI is InChI=1S/C28H23BrN2O4S/c1-3-34-24-12-22(23(29)14-25(24)35-17-19-8-6-7-18(2)11-19)13-26-27(32)31(28(33)36-26)16-21-10-5-4-9-20(21)15-30/h4-14H,3,16-17H2,1-2H3/b26-13+. The summed E-state index contributed by atoms with van der Waals surface area (Å²) in [6.45, 7) is 4.79. The molecule has 3 aromatic carbocycles. The molecule has 0 aromatic heterocycles. The number of rotatable bonds is 8. The van der Waals surface area contributed by atoms with Crippen molar-refractivity contribution in [3.63, 3.8) is 0 Å². The molecule has 3 aromatic rings. The van der Waals surface area contributed by atoms with Crippen LogP contribution in [-0.2, 0) is 17.9 Å². The fourth-order valence-electron chi connectivity index (χ4n) is 3.72. The van der Waals surface area contributed by atoms with Crippen molar-refractivity contribution in [1.29, 1.82) is 5.26 Å². The van der Waals surface area contributed by atoms with Crippen LogP contribution in [0.4, 0.5) is 4.79 Å². The predicted octanol–water partition coefficient (Wildman–Crippen LogP) is 6.84. The normalized spacial score (nSPS) is 14.3. The van der Waals surface area contributed by atoms with Gasteiger partial charge in [-0.15, -0.1) is 0 Å². The average Bonchev–Trinajstić information content (AvgIpc) is 3.12. The molecule has 1 aliphatic heterocycles. The van der Waals surface area contributed by atoms with E-state index in [1.54, 1.807) is 42.5 Å². The van der Waals surface area contributed by atoms with Crippen molar-refractivity contribution in [2.24, 2.45) is 0 Å². The van der Waals surface area contributed by atoms with Crippen molar-refractivity contribution in [3.8, 4) is 17.6 Å². The van der Waals surface area contributed by atoms with Gasteiger partial charge in [0.2, 0.25) is 0 Å². The van der Waals surface area contributed by atoms with E-state index >= 15 is 0 Å².